The van der Waals surface area contributed by atoms with Crippen molar-refractivity contribution in [3.8, 4) is 0 Å². The smallest absolute Gasteiger partial charge is 0.232 e. The van der Waals surface area contributed by atoms with Crippen LogP contribution in [0.25, 0.3) is 0 Å². The molecule has 0 aliphatic heterocycles. The topological polar surface area (TPSA) is 77.2 Å². The molecule has 0 radical (unpaired) electrons. The molecule has 104 valence electrons. The molecule has 2 N–H and O–H groups in total. The summed E-state index contributed by atoms with van der Waals surface area (Å²) in [4.78, 5) is 11.3. The highest BCUT2D eigenvalue weighted by molar-refractivity contribution is 7.92. The second kappa shape index (κ2) is 5.88. The zero-order chi connectivity index (χ0) is 23.3. The van der Waals surface area contributed by atoms with Gasteiger partial charge in [-0.25, -0.2) is 8.42 Å². The molecular weight excluding hydrogens is 274 g/mol. The molecule has 0 bridgehead atoms. The number of primary amides is 1. The highest BCUT2D eigenvalue weighted by atomic mass is 32.2. The lowest BCUT2D eigenvalue weighted by molar-refractivity contribution is -0.115. The Hall–Kier alpha value is -2.14. The molecule has 0 fully saturated rings. The largest absolute Gasteiger partial charge is 0.369 e. The zero-order valence-corrected chi connectivity index (χ0v) is 10.8. The van der Waals surface area contributed by atoms with Crippen molar-refractivity contribution in [1.82, 2.24) is 0 Å². The molecule has 2 aromatic carbocycles. The van der Waals surface area contributed by atoms with E-state index in [1.807, 2.05) is 0 Å². The van der Waals surface area contributed by atoms with Crippen molar-refractivity contribution in [1.29, 1.82) is 0 Å². The summed E-state index contributed by atoms with van der Waals surface area (Å²) in [6.45, 7) is 0. The molecule has 20 heavy (non-hydrogen) atoms. The van der Waals surface area contributed by atoms with Crippen LogP contribution < -0.4 is 5.73 Å². The van der Waals surface area contributed by atoms with E-state index >= 15 is 0 Å². The van der Waals surface area contributed by atoms with E-state index < -0.39 is 98.3 Å². The highest BCUT2D eigenvalue weighted by Gasteiger charge is 2.30. The van der Waals surface area contributed by atoms with Crippen LogP contribution in [0.4, 0.5) is 0 Å². The van der Waals surface area contributed by atoms with Crippen molar-refractivity contribution in [2.75, 3.05) is 5.75 Å². The van der Waals surface area contributed by atoms with Crippen molar-refractivity contribution in [3.63, 3.8) is 0 Å². The maximum absolute atomic E-state index is 13.0. The molecule has 0 spiro atoms. The molecule has 1 amide bonds. The SMILES string of the molecule is [2H]c1c([2H])c([2H])c(C(c2c([2H])c([2H])c([2H])c([2H])c2[2H])S(=O)(=O)CC(N)=O)c([2H])c1[2H]. The Bertz CT molecular complexity index is 1050. The maximum atomic E-state index is 13.0. The van der Waals surface area contributed by atoms with Crippen molar-refractivity contribution >= 4 is 15.7 Å². The van der Waals surface area contributed by atoms with Crippen LogP contribution in [-0.4, -0.2) is 20.1 Å². The third kappa shape index (κ3) is 3.24. The molecule has 5 heteroatoms. The van der Waals surface area contributed by atoms with E-state index in [9.17, 15) is 13.2 Å². The number of sulfone groups is 1. The molecule has 0 saturated heterocycles. The van der Waals surface area contributed by atoms with Crippen molar-refractivity contribution in [2.24, 2.45) is 5.73 Å². The third-order valence-corrected chi connectivity index (χ3v) is 4.14. The van der Waals surface area contributed by atoms with E-state index in [2.05, 4.69) is 0 Å². The predicted octanol–water partition coefficient (Wildman–Crippen LogP) is 1.68. The molecule has 0 aromatic heterocycles. The van der Waals surface area contributed by atoms with Gasteiger partial charge in [0.05, 0.1) is 13.7 Å². The summed E-state index contributed by atoms with van der Waals surface area (Å²) in [5.41, 5.74) is 3.29. The first-order chi connectivity index (χ1) is 13.6. The van der Waals surface area contributed by atoms with Crippen molar-refractivity contribution in [3.05, 3.63) is 71.6 Å². The molecule has 2 aromatic rings. The second-order valence-electron chi connectivity index (χ2n) is 3.73. The second-order valence-corrected chi connectivity index (χ2v) is 5.82. The van der Waals surface area contributed by atoms with E-state index in [1.54, 1.807) is 0 Å². The molecule has 0 saturated carbocycles. The number of rotatable bonds is 5. The van der Waals surface area contributed by atoms with E-state index in [0.29, 0.717) is 0 Å². The Labute approximate surface area is 132 Å². The van der Waals surface area contributed by atoms with Crippen molar-refractivity contribution in [2.45, 2.75) is 5.25 Å². The molecule has 4 nitrogen and oxygen atoms in total. The minimum Gasteiger partial charge on any atom is -0.369 e. The Balaban J connectivity index is 3.12. The van der Waals surface area contributed by atoms with Crippen LogP contribution in [0, 0.1) is 0 Å². The van der Waals surface area contributed by atoms with E-state index in [4.69, 9.17) is 19.4 Å². The normalized spacial score (nSPS) is 18.4. The van der Waals surface area contributed by atoms with Gasteiger partial charge in [0.1, 0.15) is 11.0 Å². The summed E-state index contributed by atoms with van der Waals surface area (Å²) in [7, 11) is -4.82. The standard InChI is InChI=1S/C15H15NO3S/c16-14(17)11-20(18,19)15(12-7-3-1-4-8-12)13-9-5-2-6-10-13/h1-10,15H,11H2,(H2,16,17)/i1D,2D,3D,4D,5D,6D,7D,8D,9D,10D. The van der Waals surface area contributed by atoms with Gasteiger partial charge >= 0.3 is 0 Å². The minimum absolute atomic E-state index is 0.819. The highest BCUT2D eigenvalue weighted by Crippen LogP contribution is 2.30. The maximum Gasteiger partial charge on any atom is 0.232 e. The van der Waals surface area contributed by atoms with Gasteiger partial charge in [0, 0.05) is 0 Å². The quantitative estimate of drug-likeness (QED) is 0.912. The van der Waals surface area contributed by atoms with Gasteiger partial charge in [-0.3, -0.25) is 4.79 Å². The van der Waals surface area contributed by atoms with Crippen LogP contribution >= 0.6 is 0 Å². The molecule has 0 aliphatic rings. The van der Waals surface area contributed by atoms with Crippen LogP contribution in [-0.2, 0) is 14.6 Å². The molecule has 2 rings (SSSR count). The Morgan fingerprint density at radius 3 is 1.75 bits per heavy atom. The number of nitrogens with two attached hydrogens (primary N) is 1. The summed E-state index contributed by atoms with van der Waals surface area (Å²) in [6.07, 6.45) is 0. The fraction of sp³-hybridized carbons (Fsp3) is 0.133. The van der Waals surface area contributed by atoms with Gasteiger partial charge in [-0.15, -0.1) is 0 Å². The van der Waals surface area contributed by atoms with Gasteiger partial charge < -0.3 is 5.73 Å². The van der Waals surface area contributed by atoms with Crippen LogP contribution in [0.5, 0.6) is 0 Å². The zero-order valence-electron chi connectivity index (χ0n) is 20.0. The lowest BCUT2D eigenvalue weighted by Crippen LogP contribution is -2.27. The van der Waals surface area contributed by atoms with Crippen molar-refractivity contribution < 1.29 is 26.9 Å². The number of amides is 1. The first-order valence-electron chi connectivity index (χ1n) is 10.3. The summed E-state index contributed by atoms with van der Waals surface area (Å²) >= 11 is 0. The average molecular weight is 299 g/mol. The summed E-state index contributed by atoms with van der Waals surface area (Å²) < 4.78 is 105. The minimum atomic E-state index is -4.82. The first kappa shape index (κ1) is 6.10. The van der Waals surface area contributed by atoms with Gasteiger partial charge in [-0.1, -0.05) is 60.4 Å². The van der Waals surface area contributed by atoms with E-state index in [0.717, 1.165) is 0 Å². The van der Waals surface area contributed by atoms with Gasteiger partial charge in [0.15, 0.2) is 9.84 Å². The average Bonchev–Trinajstić information content (AvgIpc) is 2.65. The summed E-state index contributed by atoms with van der Waals surface area (Å²) in [6, 6.07) is -9.01. The molecular formula is C15H15NO3S. The van der Waals surface area contributed by atoms with Crippen LogP contribution in [0.2, 0.25) is 0 Å². The molecule has 0 aliphatic carbocycles. The Morgan fingerprint density at radius 2 is 1.40 bits per heavy atom. The number of benzene rings is 2. The molecule has 0 atom stereocenters. The fourth-order valence-corrected chi connectivity index (χ4v) is 3.08. The molecule has 0 heterocycles. The number of hydrogen-bond donors (Lipinski definition) is 1. The van der Waals surface area contributed by atoms with E-state index in [1.165, 1.54) is 0 Å². The Morgan fingerprint density at radius 1 is 1.00 bits per heavy atom. The van der Waals surface area contributed by atoms with Gasteiger partial charge in [-0.05, 0) is 11.1 Å². The van der Waals surface area contributed by atoms with Crippen LogP contribution in [0.1, 0.15) is 30.1 Å². The predicted molar refractivity (Wildman–Crippen MR) is 77.7 cm³/mol. The van der Waals surface area contributed by atoms with E-state index in [-0.39, 0.29) is 0 Å². The number of carbonyl (C=O) groups is 1. The monoisotopic (exact) mass is 299 g/mol. The lowest BCUT2D eigenvalue weighted by Gasteiger charge is -2.17. The molecule has 0 unspecified atom stereocenters. The van der Waals surface area contributed by atoms with Crippen LogP contribution in [0.3, 0.4) is 0 Å². The summed E-state index contributed by atoms with van der Waals surface area (Å²) in [5.74, 6) is -2.68. The number of hydrogen-bond acceptors (Lipinski definition) is 3. The van der Waals surface area contributed by atoms with Gasteiger partial charge in [0.2, 0.25) is 5.91 Å². The fourth-order valence-electron chi connectivity index (χ4n) is 1.57. The Kier molecular flexibility index (Phi) is 1.79. The first-order valence-corrected chi connectivity index (χ1v) is 7.00. The van der Waals surface area contributed by atoms with Gasteiger partial charge in [0.25, 0.3) is 0 Å². The summed E-state index contributed by atoms with van der Waals surface area (Å²) in [5, 5.41) is -2.33. The lowest BCUT2D eigenvalue weighted by atomic mass is 10.0. The van der Waals surface area contributed by atoms with Gasteiger partial charge in [-0.2, -0.15) is 0 Å². The number of carbonyl (C=O) groups excluding carboxylic acids is 1. The third-order valence-electron chi connectivity index (χ3n) is 2.27. The van der Waals surface area contributed by atoms with Crippen LogP contribution in [0.15, 0.2) is 60.4 Å².